The van der Waals surface area contributed by atoms with Crippen molar-refractivity contribution in [3.8, 4) is 0 Å². The zero-order valence-electron chi connectivity index (χ0n) is 7.05. The highest BCUT2D eigenvalue weighted by molar-refractivity contribution is 5.72. The maximum absolute atomic E-state index is 12.2. The van der Waals surface area contributed by atoms with Gasteiger partial charge in [-0.15, -0.1) is 0 Å². The van der Waals surface area contributed by atoms with E-state index in [4.69, 9.17) is 5.11 Å². The molecule has 0 aromatic heterocycles. The molecule has 1 saturated carbocycles. The highest BCUT2D eigenvalue weighted by Gasteiger charge is 2.55. The minimum absolute atomic E-state index is 0.111. The highest BCUT2D eigenvalue weighted by Crippen LogP contribution is 2.53. The van der Waals surface area contributed by atoms with E-state index in [0.29, 0.717) is 0 Å². The van der Waals surface area contributed by atoms with E-state index in [1.165, 1.54) is 0 Å². The molecule has 0 amide bonds. The van der Waals surface area contributed by atoms with E-state index >= 15 is 0 Å². The van der Waals surface area contributed by atoms with Gasteiger partial charge in [-0.2, -0.15) is 0 Å². The van der Waals surface area contributed by atoms with Crippen LogP contribution in [0.1, 0.15) is 20.3 Å². The lowest BCUT2D eigenvalue weighted by atomic mass is 9.55. The molecule has 0 spiro atoms. The van der Waals surface area contributed by atoms with Crippen LogP contribution in [0.4, 0.5) is 8.78 Å². The molecule has 0 saturated heterocycles. The molecule has 1 aliphatic carbocycles. The molecule has 0 radical (unpaired) electrons. The molecule has 0 bridgehead atoms. The molecule has 2 atom stereocenters. The lowest BCUT2D eigenvalue weighted by Gasteiger charge is -2.49. The molecule has 4 heteroatoms. The van der Waals surface area contributed by atoms with Gasteiger partial charge in [0.25, 0.3) is 0 Å². The first-order valence-electron chi connectivity index (χ1n) is 3.88. The summed E-state index contributed by atoms with van der Waals surface area (Å²) in [6.07, 6.45) is -2.28. The normalized spacial score (nSPS) is 33.1. The molecule has 1 aliphatic rings. The Balaban J connectivity index is 2.66. The molecule has 0 aliphatic heterocycles. The smallest absolute Gasteiger partial charge is 0.307 e. The SMILES string of the molecule is CC1(C)C(C(=O)O)CC1C(F)F. The highest BCUT2D eigenvalue weighted by atomic mass is 19.3. The van der Waals surface area contributed by atoms with Crippen LogP contribution >= 0.6 is 0 Å². The molecular formula is C8H12F2O2. The van der Waals surface area contributed by atoms with E-state index in [1.54, 1.807) is 13.8 Å². The number of rotatable bonds is 2. The third-order valence-corrected chi connectivity index (χ3v) is 2.95. The maximum Gasteiger partial charge on any atom is 0.307 e. The summed E-state index contributed by atoms with van der Waals surface area (Å²) in [6.45, 7) is 3.18. The van der Waals surface area contributed by atoms with Crippen molar-refractivity contribution in [3.63, 3.8) is 0 Å². The Kier molecular flexibility index (Phi) is 2.10. The van der Waals surface area contributed by atoms with Gasteiger partial charge >= 0.3 is 5.97 Å². The third kappa shape index (κ3) is 1.19. The van der Waals surface area contributed by atoms with Gasteiger partial charge in [-0.25, -0.2) is 8.78 Å². The second-order valence-corrected chi connectivity index (χ2v) is 3.89. The molecule has 1 rings (SSSR count). The summed E-state index contributed by atoms with van der Waals surface area (Å²) in [5, 5.41) is 8.62. The zero-order valence-corrected chi connectivity index (χ0v) is 7.05. The van der Waals surface area contributed by atoms with Crippen molar-refractivity contribution in [1.29, 1.82) is 0 Å². The van der Waals surface area contributed by atoms with Crippen LogP contribution in [0.3, 0.4) is 0 Å². The van der Waals surface area contributed by atoms with Crippen molar-refractivity contribution in [2.24, 2.45) is 17.3 Å². The maximum atomic E-state index is 12.2. The molecule has 0 aromatic rings. The van der Waals surface area contributed by atoms with Crippen LogP contribution in [-0.4, -0.2) is 17.5 Å². The third-order valence-electron chi connectivity index (χ3n) is 2.95. The van der Waals surface area contributed by atoms with E-state index in [9.17, 15) is 13.6 Å². The average molecular weight is 178 g/mol. The van der Waals surface area contributed by atoms with Gasteiger partial charge in [0.1, 0.15) is 0 Å². The van der Waals surface area contributed by atoms with E-state index < -0.39 is 29.6 Å². The molecule has 0 aromatic carbocycles. The Bertz CT molecular complexity index is 201. The lowest BCUT2D eigenvalue weighted by Crippen LogP contribution is -2.51. The van der Waals surface area contributed by atoms with E-state index in [1.807, 2.05) is 0 Å². The van der Waals surface area contributed by atoms with Crippen LogP contribution < -0.4 is 0 Å². The van der Waals surface area contributed by atoms with Gasteiger partial charge in [-0.3, -0.25) is 4.79 Å². The second kappa shape index (κ2) is 2.68. The van der Waals surface area contributed by atoms with Crippen LogP contribution in [0, 0.1) is 17.3 Å². The number of hydrogen-bond donors (Lipinski definition) is 1. The number of halogens is 2. The van der Waals surface area contributed by atoms with E-state index in [0.717, 1.165) is 0 Å². The topological polar surface area (TPSA) is 37.3 Å². The first-order chi connectivity index (χ1) is 5.37. The molecule has 70 valence electrons. The summed E-state index contributed by atoms with van der Waals surface area (Å²) in [5.74, 6) is -2.31. The van der Waals surface area contributed by atoms with Crippen LogP contribution in [0.15, 0.2) is 0 Å². The van der Waals surface area contributed by atoms with Crippen LogP contribution in [0.2, 0.25) is 0 Å². The van der Waals surface area contributed by atoms with Crippen LogP contribution in [0.25, 0.3) is 0 Å². The predicted molar refractivity (Wildman–Crippen MR) is 39.0 cm³/mol. The fourth-order valence-corrected chi connectivity index (χ4v) is 1.81. The molecule has 2 unspecified atom stereocenters. The summed E-state index contributed by atoms with van der Waals surface area (Å²) in [7, 11) is 0. The number of carboxylic acid groups (broad SMARTS) is 1. The Morgan fingerprint density at radius 1 is 1.58 bits per heavy atom. The Morgan fingerprint density at radius 2 is 2.08 bits per heavy atom. The number of carbonyl (C=O) groups is 1. The van der Waals surface area contributed by atoms with Crippen molar-refractivity contribution in [1.82, 2.24) is 0 Å². The van der Waals surface area contributed by atoms with Gasteiger partial charge in [-0.05, 0) is 11.8 Å². The Morgan fingerprint density at radius 3 is 2.33 bits per heavy atom. The first kappa shape index (κ1) is 9.42. The molecule has 1 fully saturated rings. The average Bonchev–Trinajstić information content (AvgIpc) is 1.83. The minimum atomic E-state index is -2.39. The standard InChI is InChI=1S/C8H12F2O2/c1-8(2)4(6(9)10)3-5(8)7(11)12/h4-6H,3H2,1-2H3,(H,11,12). The summed E-state index contributed by atoms with van der Waals surface area (Å²) in [6, 6.07) is 0. The molecule has 12 heavy (non-hydrogen) atoms. The zero-order chi connectivity index (χ0) is 9.52. The first-order valence-corrected chi connectivity index (χ1v) is 3.88. The van der Waals surface area contributed by atoms with Gasteiger partial charge in [-0.1, -0.05) is 13.8 Å². The lowest BCUT2D eigenvalue weighted by molar-refractivity contribution is -0.169. The van der Waals surface area contributed by atoms with Gasteiger partial charge in [0.05, 0.1) is 5.92 Å². The van der Waals surface area contributed by atoms with Crippen LogP contribution in [-0.2, 0) is 4.79 Å². The Labute approximate surface area is 69.6 Å². The molecule has 0 heterocycles. The number of hydrogen-bond acceptors (Lipinski definition) is 1. The number of aliphatic carboxylic acids is 1. The molecular weight excluding hydrogens is 166 g/mol. The largest absolute Gasteiger partial charge is 0.481 e. The fraction of sp³-hybridized carbons (Fsp3) is 0.875. The van der Waals surface area contributed by atoms with E-state index in [2.05, 4.69) is 0 Å². The predicted octanol–water partition coefficient (Wildman–Crippen LogP) is 2.00. The second-order valence-electron chi connectivity index (χ2n) is 3.89. The van der Waals surface area contributed by atoms with Crippen molar-refractivity contribution < 1.29 is 18.7 Å². The number of alkyl halides is 2. The van der Waals surface area contributed by atoms with Gasteiger partial charge < -0.3 is 5.11 Å². The van der Waals surface area contributed by atoms with Gasteiger partial charge in [0, 0.05) is 5.92 Å². The van der Waals surface area contributed by atoms with E-state index in [-0.39, 0.29) is 6.42 Å². The van der Waals surface area contributed by atoms with Crippen molar-refractivity contribution in [2.75, 3.05) is 0 Å². The van der Waals surface area contributed by atoms with Gasteiger partial charge in [0.2, 0.25) is 6.43 Å². The molecule has 1 N–H and O–H groups in total. The monoisotopic (exact) mass is 178 g/mol. The summed E-state index contributed by atoms with van der Waals surface area (Å²) < 4.78 is 24.4. The Hall–Kier alpha value is -0.670. The number of carboxylic acids is 1. The van der Waals surface area contributed by atoms with Crippen molar-refractivity contribution >= 4 is 5.97 Å². The quantitative estimate of drug-likeness (QED) is 0.702. The summed E-state index contributed by atoms with van der Waals surface area (Å²) >= 11 is 0. The van der Waals surface area contributed by atoms with Crippen molar-refractivity contribution in [2.45, 2.75) is 26.7 Å². The van der Waals surface area contributed by atoms with Gasteiger partial charge in [0.15, 0.2) is 0 Å². The van der Waals surface area contributed by atoms with Crippen LogP contribution in [0.5, 0.6) is 0 Å². The minimum Gasteiger partial charge on any atom is -0.481 e. The summed E-state index contributed by atoms with van der Waals surface area (Å²) in [4.78, 5) is 10.5. The summed E-state index contributed by atoms with van der Waals surface area (Å²) in [5.41, 5.74) is -0.750. The van der Waals surface area contributed by atoms with Crippen molar-refractivity contribution in [3.05, 3.63) is 0 Å². The molecule has 2 nitrogen and oxygen atoms in total. The fourth-order valence-electron chi connectivity index (χ4n) is 1.81.